The van der Waals surface area contributed by atoms with Crippen molar-refractivity contribution >= 4 is 27.1 Å². The Balaban J connectivity index is 1.61. The van der Waals surface area contributed by atoms with Crippen molar-refractivity contribution in [1.29, 1.82) is 0 Å². The lowest BCUT2D eigenvalue weighted by atomic mass is 9.99. The van der Waals surface area contributed by atoms with Crippen molar-refractivity contribution in [1.82, 2.24) is 4.90 Å². The Kier molecular flexibility index (Phi) is 5.47. The van der Waals surface area contributed by atoms with Gasteiger partial charge in [0.05, 0.1) is 23.5 Å². The first kappa shape index (κ1) is 19.5. The summed E-state index contributed by atoms with van der Waals surface area (Å²) in [4.78, 5) is 17.2. The number of hydrogen-bond donors (Lipinski definition) is 0. The smallest absolute Gasteiger partial charge is 0.264 e. The maximum Gasteiger partial charge on any atom is 0.264 e. The third-order valence-electron chi connectivity index (χ3n) is 5.63. The molecular formula is C21H25NO4S2. The number of benzene rings is 1. The van der Waals surface area contributed by atoms with E-state index in [1.54, 1.807) is 23.3 Å². The van der Waals surface area contributed by atoms with Crippen LogP contribution in [0.1, 0.15) is 44.9 Å². The molecule has 1 atom stereocenters. The maximum atomic E-state index is 13.4. The van der Waals surface area contributed by atoms with Crippen molar-refractivity contribution in [3.8, 4) is 5.75 Å². The van der Waals surface area contributed by atoms with E-state index in [1.165, 1.54) is 23.3 Å². The average Bonchev–Trinajstić information content (AvgIpc) is 3.29. The van der Waals surface area contributed by atoms with Gasteiger partial charge in [0.2, 0.25) is 0 Å². The fourth-order valence-electron chi connectivity index (χ4n) is 4.05. The summed E-state index contributed by atoms with van der Waals surface area (Å²) in [5.41, 5.74) is 2.27. The SMILES string of the molecule is COc1ccc(CN(C(=O)c2cc3c(s2)CCCC3)[C@H]2CCS(=O)(=O)C2)cc1. The highest BCUT2D eigenvalue weighted by Gasteiger charge is 2.35. The van der Waals surface area contributed by atoms with Crippen LogP contribution in [0.4, 0.5) is 0 Å². The fraction of sp³-hybridized carbons (Fsp3) is 0.476. The molecule has 2 aliphatic rings. The number of fused-ring (bicyclic) bond motifs is 1. The summed E-state index contributed by atoms with van der Waals surface area (Å²) in [5.74, 6) is 0.929. The summed E-state index contributed by atoms with van der Waals surface area (Å²) in [6.07, 6.45) is 4.94. The van der Waals surface area contributed by atoms with Crippen LogP contribution in [0.15, 0.2) is 30.3 Å². The van der Waals surface area contributed by atoms with Crippen LogP contribution in [0, 0.1) is 0 Å². The van der Waals surface area contributed by atoms with Crippen molar-refractivity contribution < 1.29 is 17.9 Å². The second-order valence-electron chi connectivity index (χ2n) is 7.60. The molecule has 0 bridgehead atoms. The quantitative estimate of drug-likeness (QED) is 0.745. The molecule has 4 rings (SSSR count). The van der Waals surface area contributed by atoms with E-state index in [9.17, 15) is 13.2 Å². The van der Waals surface area contributed by atoms with E-state index in [2.05, 4.69) is 0 Å². The van der Waals surface area contributed by atoms with Gasteiger partial charge in [-0.3, -0.25) is 4.79 Å². The first-order chi connectivity index (χ1) is 13.4. The van der Waals surface area contributed by atoms with Crippen LogP contribution >= 0.6 is 11.3 Å². The zero-order chi connectivity index (χ0) is 19.7. The Bertz CT molecular complexity index is 939. The van der Waals surface area contributed by atoms with Crippen molar-refractivity contribution in [3.05, 3.63) is 51.2 Å². The summed E-state index contributed by atoms with van der Waals surface area (Å²) >= 11 is 1.59. The molecular weight excluding hydrogens is 394 g/mol. The summed E-state index contributed by atoms with van der Waals surface area (Å²) < 4.78 is 29.3. The normalized spacial score (nSPS) is 20.5. The minimum Gasteiger partial charge on any atom is -0.497 e. The van der Waals surface area contributed by atoms with Gasteiger partial charge in [0.25, 0.3) is 5.91 Å². The molecule has 1 aliphatic heterocycles. The van der Waals surface area contributed by atoms with Gasteiger partial charge in [0, 0.05) is 17.5 Å². The van der Waals surface area contributed by atoms with Gasteiger partial charge in [0.1, 0.15) is 5.75 Å². The number of carbonyl (C=O) groups is 1. The zero-order valence-electron chi connectivity index (χ0n) is 16.0. The highest BCUT2D eigenvalue weighted by atomic mass is 32.2. The van der Waals surface area contributed by atoms with Crippen molar-refractivity contribution in [3.63, 3.8) is 0 Å². The van der Waals surface area contributed by atoms with Crippen LogP contribution in [0.3, 0.4) is 0 Å². The standard InChI is InChI=1S/C21H25NO4S2/c1-26-18-8-6-15(7-9-18)13-22(17-10-11-28(24,25)14-17)21(23)20-12-16-4-2-3-5-19(16)27-20/h6-9,12,17H,2-5,10-11,13-14H2,1H3/t17-/m0/s1. The molecule has 1 aromatic carbocycles. The second-order valence-corrected chi connectivity index (χ2v) is 11.0. The number of thiophene rings is 1. The van der Waals surface area contributed by atoms with E-state index in [1.807, 2.05) is 30.3 Å². The minimum absolute atomic E-state index is 0.0441. The van der Waals surface area contributed by atoms with Crippen LogP contribution < -0.4 is 4.74 Å². The molecule has 0 N–H and O–H groups in total. The van der Waals surface area contributed by atoms with Gasteiger partial charge in [0.15, 0.2) is 9.84 Å². The number of rotatable bonds is 5. The third kappa shape index (κ3) is 4.10. The molecule has 2 aromatic rings. The number of hydrogen-bond acceptors (Lipinski definition) is 5. The Morgan fingerprint density at radius 3 is 2.61 bits per heavy atom. The van der Waals surface area contributed by atoms with E-state index >= 15 is 0 Å². The molecule has 2 heterocycles. The van der Waals surface area contributed by atoms with Gasteiger partial charge in [-0.25, -0.2) is 8.42 Å². The molecule has 1 aliphatic carbocycles. The Morgan fingerprint density at radius 1 is 1.21 bits per heavy atom. The van der Waals surface area contributed by atoms with Gasteiger partial charge in [-0.15, -0.1) is 11.3 Å². The molecule has 1 aromatic heterocycles. The monoisotopic (exact) mass is 419 g/mol. The lowest BCUT2D eigenvalue weighted by Gasteiger charge is -2.28. The molecule has 1 amide bonds. The number of sulfone groups is 1. The number of aryl methyl sites for hydroxylation is 2. The van der Waals surface area contributed by atoms with Gasteiger partial charge in [-0.05, 0) is 61.4 Å². The first-order valence-electron chi connectivity index (χ1n) is 9.71. The molecule has 5 nitrogen and oxygen atoms in total. The van der Waals surface area contributed by atoms with E-state index in [4.69, 9.17) is 4.74 Å². The van der Waals surface area contributed by atoms with Crippen LogP contribution in [-0.4, -0.2) is 43.9 Å². The van der Waals surface area contributed by atoms with Crippen molar-refractivity contribution in [2.75, 3.05) is 18.6 Å². The Labute approximate surface area is 170 Å². The highest BCUT2D eigenvalue weighted by Crippen LogP contribution is 2.32. The van der Waals surface area contributed by atoms with E-state index < -0.39 is 9.84 Å². The molecule has 7 heteroatoms. The lowest BCUT2D eigenvalue weighted by molar-refractivity contribution is 0.0686. The summed E-state index contributed by atoms with van der Waals surface area (Å²) in [6, 6.07) is 9.37. The van der Waals surface area contributed by atoms with Crippen LogP contribution in [0.25, 0.3) is 0 Å². The number of amides is 1. The average molecular weight is 420 g/mol. The molecule has 28 heavy (non-hydrogen) atoms. The summed E-state index contributed by atoms with van der Waals surface area (Å²) in [5, 5.41) is 0. The second kappa shape index (κ2) is 7.87. The molecule has 150 valence electrons. The fourth-order valence-corrected chi connectivity index (χ4v) is 6.99. The lowest BCUT2D eigenvalue weighted by Crippen LogP contribution is -2.40. The molecule has 0 spiro atoms. The van der Waals surface area contributed by atoms with Gasteiger partial charge in [-0.1, -0.05) is 12.1 Å². The Morgan fingerprint density at radius 2 is 1.96 bits per heavy atom. The summed E-state index contributed by atoms with van der Waals surface area (Å²) in [6.45, 7) is 0.408. The van der Waals surface area contributed by atoms with Gasteiger partial charge < -0.3 is 9.64 Å². The van der Waals surface area contributed by atoms with Gasteiger partial charge in [-0.2, -0.15) is 0 Å². The van der Waals surface area contributed by atoms with E-state index in [0.29, 0.717) is 13.0 Å². The molecule has 0 radical (unpaired) electrons. The molecule has 0 saturated carbocycles. The summed E-state index contributed by atoms with van der Waals surface area (Å²) in [7, 11) is -1.45. The van der Waals surface area contributed by atoms with E-state index in [-0.39, 0.29) is 23.5 Å². The number of ether oxygens (including phenoxy) is 1. The topological polar surface area (TPSA) is 63.7 Å². The Hall–Kier alpha value is -1.86. The molecule has 0 unspecified atom stereocenters. The molecule has 1 saturated heterocycles. The number of methoxy groups -OCH3 is 1. The predicted octanol–water partition coefficient (Wildman–Crippen LogP) is 3.47. The maximum absolute atomic E-state index is 13.4. The van der Waals surface area contributed by atoms with Crippen molar-refractivity contribution in [2.24, 2.45) is 0 Å². The van der Waals surface area contributed by atoms with E-state index in [0.717, 1.165) is 29.0 Å². The number of nitrogens with zero attached hydrogens (tertiary/aromatic N) is 1. The predicted molar refractivity (Wildman–Crippen MR) is 111 cm³/mol. The minimum atomic E-state index is -3.07. The van der Waals surface area contributed by atoms with Crippen molar-refractivity contribution in [2.45, 2.75) is 44.7 Å². The van der Waals surface area contributed by atoms with Crippen LogP contribution in [-0.2, 0) is 29.2 Å². The first-order valence-corrected chi connectivity index (χ1v) is 12.3. The van der Waals surface area contributed by atoms with Crippen LogP contribution in [0.2, 0.25) is 0 Å². The zero-order valence-corrected chi connectivity index (χ0v) is 17.7. The molecule has 1 fully saturated rings. The van der Waals surface area contributed by atoms with Gasteiger partial charge >= 0.3 is 0 Å². The third-order valence-corrected chi connectivity index (χ3v) is 8.60. The number of carbonyl (C=O) groups excluding carboxylic acids is 1. The highest BCUT2D eigenvalue weighted by molar-refractivity contribution is 7.91. The van der Waals surface area contributed by atoms with Crippen LogP contribution in [0.5, 0.6) is 5.75 Å². The largest absolute Gasteiger partial charge is 0.497 e.